The third kappa shape index (κ3) is 3.97. The van der Waals surface area contributed by atoms with Gasteiger partial charge in [0.15, 0.2) is 10.7 Å². The minimum atomic E-state index is -0.459. The standard InChI is InChI=1S/C17H9Cl2FN4S/c18-11-6-5-10(7-12(11)19)16-9-25-17(22-16)15(8-21)24-23-14-4-2-1-3-13(14)20/h1-7,9,23H. The Kier molecular flexibility index (Phi) is 5.29. The van der Waals surface area contributed by atoms with Crippen molar-refractivity contribution in [3.63, 3.8) is 0 Å². The number of hydrazone groups is 1. The van der Waals surface area contributed by atoms with Gasteiger partial charge in [-0.25, -0.2) is 9.37 Å². The molecule has 0 aliphatic heterocycles. The van der Waals surface area contributed by atoms with Crippen LogP contribution in [0.3, 0.4) is 0 Å². The molecular formula is C17H9Cl2FN4S. The largest absolute Gasteiger partial charge is 0.274 e. The van der Waals surface area contributed by atoms with Gasteiger partial charge >= 0.3 is 0 Å². The topological polar surface area (TPSA) is 61.1 Å². The van der Waals surface area contributed by atoms with E-state index in [2.05, 4.69) is 15.5 Å². The van der Waals surface area contributed by atoms with Gasteiger partial charge in [-0.05, 0) is 24.3 Å². The van der Waals surface area contributed by atoms with Crippen LogP contribution in [-0.2, 0) is 0 Å². The summed E-state index contributed by atoms with van der Waals surface area (Å²) in [6.07, 6.45) is 0. The Morgan fingerprint density at radius 2 is 2.00 bits per heavy atom. The fourth-order valence-corrected chi connectivity index (χ4v) is 3.02. The molecule has 0 aliphatic rings. The second-order valence-corrected chi connectivity index (χ2v) is 6.50. The van der Waals surface area contributed by atoms with Gasteiger partial charge in [0.1, 0.15) is 11.9 Å². The van der Waals surface area contributed by atoms with Crippen LogP contribution in [0.4, 0.5) is 10.1 Å². The van der Waals surface area contributed by atoms with Crippen molar-refractivity contribution in [3.8, 4) is 17.3 Å². The first kappa shape index (κ1) is 17.4. The van der Waals surface area contributed by atoms with E-state index < -0.39 is 5.82 Å². The molecule has 0 amide bonds. The van der Waals surface area contributed by atoms with Crippen LogP contribution < -0.4 is 5.43 Å². The molecule has 124 valence electrons. The van der Waals surface area contributed by atoms with Gasteiger partial charge in [-0.15, -0.1) is 11.3 Å². The first-order valence-electron chi connectivity index (χ1n) is 6.98. The number of halogens is 3. The highest BCUT2D eigenvalue weighted by Gasteiger charge is 2.12. The van der Waals surface area contributed by atoms with E-state index in [1.807, 2.05) is 6.07 Å². The van der Waals surface area contributed by atoms with Crippen LogP contribution in [0.25, 0.3) is 11.3 Å². The van der Waals surface area contributed by atoms with Crippen molar-refractivity contribution >= 4 is 45.9 Å². The van der Waals surface area contributed by atoms with Crippen LogP contribution in [0.15, 0.2) is 52.9 Å². The molecule has 0 spiro atoms. The molecular weight excluding hydrogens is 382 g/mol. The fraction of sp³-hybridized carbons (Fsp3) is 0. The molecule has 3 aromatic rings. The number of thiazole rings is 1. The van der Waals surface area contributed by atoms with Gasteiger partial charge in [0.05, 0.1) is 21.4 Å². The lowest BCUT2D eigenvalue weighted by molar-refractivity contribution is 0.630. The molecule has 4 nitrogen and oxygen atoms in total. The zero-order valence-electron chi connectivity index (χ0n) is 12.5. The monoisotopic (exact) mass is 390 g/mol. The van der Waals surface area contributed by atoms with Crippen LogP contribution >= 0.6 is 34.5 Å². The molecule has 0 saturated carbocycles. The lowest BCUT2D eigenvalue weighted by Crippen LogP contribution is -2.02. The molecule has 1 N–H and O–H groups in total. The fourth-order valence-electron chi connectivity index (χ4n) is 1.96. The third-order valence-corrected chi connectivity index (χ3v) is 4.78. The molecule has 1 aromatic heterocycles. The normalized spacial score (nSPS) is 11.2. The van der Waals surface area contributed by atoms with Gasteiger partial charge in [0.25, 0.3) is 0 Å². The Morgan fingerprint density at radius 1 is 1.20 bits per heavy atom. The molecule has 3 rings (SSSR count). The summed E-state index contributed by atoms with van der Waals surface area (Å²) in [6.45, 7) is 0. The molecule has 25 heavy (non-hydrogen) atoms. The quantitative estimate of drug-likeness (QED) is 0.466. The van der Waals surface area contributed by atoms with Crippen molar-refractivity contribution in [2.75, 3.05) is 5.43 Å². The maximum absolute atomic E-state index is 13.6. The average Bonchev–Trinajstić information content (AvgIpc) is 3.09. The Morgan fingerprint density at radius 3 is 2.72 bits per heavy atom. The average molecular weight is 391 g/mol. The lowest BCUT2D eigenvalue weighted by Gasteiger charge is -2.01. The number of anilines is 1. The second kappa shape index (κ2) is 7.62. The zero-order chi connectivity index (χ0) is 17.8. The highest BCUT2D eigenvalue weighted by molar-refractivity contribution is 7.12. The third-order valence-electron chi connectivity index (χ3n) is 3.19. The number of hydrogen-bond acceptors (Lipinski definition) is 5. The summed E-state index contributed by atoms with van der Waals surface area (Å²) in [5, 5.41) is 16.3. The summed E-state index contributed by atoms with van der Waals surface area (Å²) in [6, 6.07) is 13.2. The predicted molar refractivity (Wildman–Crippen MR) is 99.7 cm³/mol. The number of nitrogens with zero attached hydrogens (tertiary/aromatic N) is 3. The van der Waals surface area contributed by atoms with E-state index >= 15 is 0 Å². The van der Waals surface area contributed by atoms with Crippen LogP contribution in [0.1, 0.15) is 5.01 Å². The summed E-state index contributed by atoms with van der Waals surface area (Å²) < 4.78 is 13.6. The smallest absolute Gasteiger partial charge is 0.196 e. The maximum atomic E-state index is 13.6. The first-order valence-corrected chi connectivity index (χ1v) is 8.61. The van der Waals surface area contributed by atoms with Crippen molar-refractivity contribution in [1.29, 1.82) is 5.26 Å². The van der Waals surface area contributed by atoms with Crippen LogP contribution in [0.2, 0.25) is 10.0 Å². The molecule has 2 aromatic carbocycles. The second-order valence-electron chi connectivity index (χ2n) is 4.83. The van der Waals surface area contributed by atoms with Crippen molar-refractivity contribution in [1.82, 2.24) is 4.98 Å². The maximum Gasteiger partial charge on any atom is 0.196 e. The zero-order valence-corrected chi connectivity index (χ0v) is 14.8. The van der Waals surface area contributed by atoms with Gasteiger partial charge in [-0.3, -0.25) is 5.43 Å². The van der Waals surface area contributed by atoms with Gasteiger partial charge in [0, 0.05) is 10.9 Å². The van der Waals surface area contributed by atoms with Crippen LogP contribution in [0, 0.1) is 17.1 Å². The summed E-state index contributed by atoms with van der Waals surface area (Å²) in [7, 11) is 0. The van der Waals surface area contributed by atoms with Gasteiger partial charge in [0.2, 0.25) is 0 Å². The van der Waals surface area contributed by atoms with Crippen LogP contribution in [-0.4, -0.2) is 10.7 Å². The van der Waals surface area contributed by atoms with Crippen molar-refractivity contribution < 1.29 is 4.39 Å². The lowest BCUT2D eigenvalue weighted by atomic mass is 10.2. The Bertz CT molecular complexity index is 994. The van der Waals surface area contributed by atoms with E-state index in [0.717, 1.165) is 5.56 Å². The van der Waals surface area contributed by atoms with Crippen LogP contribution in [0.5, 0.6) is 0 Å². The van der Waals surface area contributed by atoms with Crippen molar-refractivity contribution in [2.24, 2.45) is 5.10 Å². The molecule has 8 heteroatoms. The minimum absolute atomic E-state index is 0.0552. The molecule has 0 unspecified atom stereocenters. The number of nitriles is 1. The van der Waals surface area contributed by atoms with E-state index in [1.165, 1.54) is 23.5 Å². The SMILES string of the molecule is N#CC(=NNc1ccccc1F)c1nc(-c2ccc(Cl)c(Cl)c2)cs1. The van der Waals surface area contributed by atoms with E-state index in [9.17, 15) is 9.65 Å². The van der Waals surface area contributed by atoms with Crippen molar-refractivity contribution in [2.45, 2.75) is 0 Å². The predicted octanol–water partition coefficient (Wildman–Crippen LogP) is 5.60. The Hall–Kier alpha value is -2.46. The van der Waals surface area contributed by atoms with Gasteiger partial charge in [-0.1, -0.05) is 41.4 Å². The molecule has 0 saturated heterocycles. The number of nitrogens with one attached hydrogen (secondary N) is 1. The number of aromatic nitrogens is 1. The highest BCUT2D eigenvalue weighted by atomic mass is 35.5. The number of hydrogen-bond donors (Lipinski definition) is 1. The highest BCUT2D eigenvalue weighted by Crippen LogP contribution is 2.29. The molecule has 0 bridgehead atoms. The number of para-hydroxylation sites is 1. The molecule has 0 aliphatic carbocycles. The van der Waals surface area contributed by atoms with E-state index in [0.29, 0.717) is 20.7 Å². The first-order chi connectivity index (χ1) is 12.1. The summed E-state index contributed by atoms with van der Waals surface area (Å²) in [4.78, 5) is 4.39. The van der Waals surface area contributed by atoms with Gasteiger partial charge < -0.3 is 0 Å². The van der Waals surface area contributed by atoms with E-state index in [-0.39, 0.29) is 11.4 Å². The summed E-state index contributed by atoms with van der Waals surface area (Å²) in [5.41, 5.74) is 4.20. The molecule has 0 radical (unpaired) electrons. The summed E-state index contributed by atoms with van der Waals surface area (Å²) >= 11 is 13.2. The van der Waals surface area contributed by atoms with Crippen molar-refractivity contribution in [3.05, 3.63) is 68.7 Å². The molecule has 1 heterocycles. The number of rotatable bonds is 4. The van der Waals surface area contributed by atoms with E-state index in [4.69, 9.17) is 23.2 Å². The molecule has 0 fully saturated rings. The molecule has 0 atom stereocenters. The summed E-state index contributed by atoms with van der Waals surface area (Å²) in [5.74, 6) is -0.459. The van der Waals surface area contributed by atoms with E-state index in [1.54, 1.807) is 35.7 Å². The Balaban J connectivity index is 1.86. The minimum Gasteiger partial charge on any atom is -0.274 e. The number of benzene rings is 2. The van der Waals surface area contributed by atoms with Gasteiger partial charge in [-0.2, -0.15) is 10.4 Å². The Labute approximate surface area is 157 Å².